The van der Waals surface area contributed by atoms with Crippen LogP contribution in [-0.2, 0) is 12.8 Å². The van der Waals surface area contributed by atoms with Crippen molar-refractivity contribution in [3.63, 3.8) is 0 Å². The summed E-state index contributed by atoms with van der Waals surface area (Å²) < 4.78 is 3.23. The summed E-state index contributed by atoms with van der Waals surface area (Å²) in [6, 6.07) is 6.64. The first-order chi connectivity index (χ1) is 9.15. The lowest BCUT2D eigenvalue weighted by Crippen LogP contribution is -2.21. The topological polar surface area (TPSA) is 43.8 Å². The molecule has 3 nitrogen and oxygen atoms in total. The van der Waals surface area contributed by atoms with Crippen molar-refractivity contribution in [2.45, 2.75) is 39.2 Å². The predicted octanol–water partition coefficient (Wildman–Crippen LogP) is 3.48. The highest BCUT2D eigenvalue weighted by Crippen LogP contribution is 2.23. The fourth-order valence-electron chi connectivity index (χ4n) is 2.11. The normalized spacial score (nSPS) is 12.6. The number of nitrogens with two attached hydrogens (primary N) is 1. The zero-order valence-electron chi connectivity index (χ0n) is 11.4. The lowest BCUT2D eigenvalue weighted by atomic mass is 10.0. The van der Waals surface area contributed by atoms with Gasteiger partial charge in [-0.25, -0.2) is 4.98 Å². The molecule has 0 bridgehead atoms. The van der Waals surface area contributed by atoms with Gasteiger partial charge >= 0.3 is 0 Å². The summed E-state index contributed by atoms with van der Waals surface area (Å²) in [4.78, 5) is 4.35. The monoisotopic (exact) mass is 321 g/mol. The summed E-state index contributed by atoms with van der Waals surface area (Å²) in [6.07, 6.45) is 6.66. The molecule has 1 atom stereocenters. The first-order valence-corrected chi connectivity index (χ1v) is 7.51. The summed E-state index contributed by atoms with van der Waals surface area (Å²) in [5.74, 6) is 1.07. The van der Waals surface area contributed by atoms with Crippen molar-refractivity contribution in [1.82, 2.24) is 9.55 Å². The molecule has 2 N–H and O–H groups in total. The zero-order chi connectivity index (χ0) is 13.8. The Balaban J connectivity index is 2.28. The SMILES string of the molecule is CCc1nccn1-c1ccc(CC(N)CC)c(Br)c1. The van der Waals surface area contributed by atoms with Crippen molar-refractivity contribution in [2.75, 3.05) is 0 Å². The second-order valence-corrected chi connectivity index (χ2v) is 5.57. The van der Waals surface area contributed by atoms with Crippen LogP contribution in [0.4, 0.5) is 0 Å². The Kier molecular flexibility index (Phi) is 4.77. The fourth-order valence-corrected chi connectivity index (χ4v) is 2.64. The first kappa shape index (κ1) is 14.3. The third-order valence-electron chi connectivity index (χ3n) is 3.35. The van der Waals surface area contributed by atoms with Gasteiger partial charge in [-0.3, -0.25) is 0 Å². The molecule has 1 aromatic carbocycles. The largest absolute Gasteiger partial charge is 0.327 e. The van der Waals surface area contributed by atoms with Crippen molar-refractivity contribution in [3.05, 3.63) is 46.5 Å². The molecule has 0 saturated carbocycles. The molecule has 1 unspecified atom stereocenters. The van der Waals surface area contributed by atoms with E-state index in [1.54, 1.807) is 0 Å². The molecule has 0 spiro atoms. The molecular formula is C15H20BrN3. The van der Waals surface area contributed by atoms with Gasteiger partial charge in [0.15, 0.2) is 0 Å². The molecule has 102 valence electrons. The van der Waals surface area contributed by atoms with E-state index in [9.17, 15) is 0 Å². The number of aryl methyl sites for hydroxylation is 1. The minimum atomic E-state index is 0.224. The molecule has 2 rings (SSSR count). The second-order valence-electron chi connectivity index (χ2n) is 4.72. The lowest BCUT2D eigenvalue weighted by molar-refractivity contribution is 0.645. The summed E-state index contributed by atoms with van der Waals surface area (Å²) in [6.45, 7) is 4.23. The average molecular weight is 322 g/mol. The van der Waals surface area contributed by atoms with E-state index in [1.807, 2.05) is 12.4 Å². The van der Waals surface area contributed by atoms with Crippen LogP contribution in [-0.4, -0.2) is 15.6 Å². The van der Waals surface area contributed by atoms with Gasteiger partial charge in [0.2, 0.25) is 0 Å². The van der Waals surface area contributed by atoms with E-state index in [2.05, 4.69) is 57.5 Å². The molecule has 1 aromatic heterocycles. The molecule has 1 heterocycles. The third kappa shape index (κ3) is 3.25. The van der Waals surface area contributed by atoms with Crippen LogP contribution in [0, 0.1) is 0 Å². The first-order valence-electron chi connectivity index (χ1n) is 6.72. The Morgan fingerprint density at radius 3 is 2.79 bits per heavy atom. The number of hydrogen-bond donors (Lipinski definition) is 1. The summed E-state index contributed by atoms with van der Waals surface area (Å²) in [7, 11) is 0. The van der Waals surface area contributed by atoms with Gasteiger partial charge < -0.3 is 10.3 Å². The number of hydrogen-bond acceptors (Lipinski definition) is 2. The van der Waals surface area contributed by atoms with Crippen molar-refractivity contribution >= 4 is 15.9 Å². The highest BCUT2D eigenvalue weighted by Gasteiger charge is 2.08. The third-order valence-corrected chi connectivity index (χ3v) is 4.09. The van der Waals surface area contributed by atoms with E-state index in [0.717, 1.165) is 35.2 Å². The maximum Gasteiger partial charge on any atom is 0.112 e. The Bertz CT molecular complexity index is 548. The number of halogens is 1. The highest BCUT2D eigenvalue weighted by molar-refractivity contribution is 9.10. The van der Waals surface area contributed by atoms with Crippen LogP contribution in [0.1, 0.15) is 31.7 Å². The standard InChI is InChI=1S/C15H20BrN3/c1-3-12(17)9-11-5-6-13(10-14(11)16)19-8-7-18-15(19)4-2/h5-8,10,12H,3-4,9,17H2,1-2H3. The molecule has 0 amide bonds. The molecule has 0 saturated heterocycles. The van der Waals surface area contributed by atoms with Gasteiger partial charge in [-0.2, -0.15) is 0 Å². The average Bonchev–Trinajstić information content (AvgIpc) is 2.89. The number of aromatic nitrogens is 2. The van der Waals surface area contributed by atoms with Crippen LogP contribution in [0.2, 0.25) is 0 Å². The summed E-state index contributed by atoms with van der Waals surface area (Å²) in [5.41, 5.74) is 8.41. The molecule has 19 heavy (non-hydrogen) atoms. The van der Waals surface area contributed by atoms with Gasteiger partial charge in [0.1, 0.15) is 5.82 Å². The summed E-state index contributed by atoms with van der Waals surface area (Å²) in [5, 5.41) is 0. The Hall–Kier alpha value is -1.13. The maximum atomic E-state index is 6.02. The van der Waals surface area contributed by atoms with E-state index in [4.69, 9.17) is 5.73 Å². The molecule has 0 aliphatic heterocycles. The Morgan fingerprint density at radius 1 is 1.37 bits per heavy atom. The lowest BCUT2D eigenvalue weighted by Gasteiger charge is -2.13. The Labute approximate surface area is 123 Å². The van der Waals surface area contributed by atoms with Crippen molar-refractivity contribution < 1.29 is 0 Å². The van der Waals surface area contributed by atoms with E-state index in [-0.39, 0.29) is 6.04 Å². The van der Waals surface area contributed by atoms with Crippen LogP contribution in [0.3, 0.4) is 0 Å². The van der Waals surface area contributed by atoms with Crippen LogP contribution in [0.5, 0.6) is 0 Å². The van der Waals surface area contributed by atoms with E-state index in [1.165, 1.54) is 5.56 Å². The van der Waals surface area contributed by atoms with Crippen molar-refractivity contribution in [1.29, 1.82) is 0 Å². The maximum absolute atomic E-state index is 6.02. The van der Waals surface area contributed by atoms with E-state index in [0.29, 0.717) is 0 Å². The van der Waals surface area contributed by atoms with Crippen LogP contribution >= 0.6 is 15.9 Å². The highest BCUT2D eigenvalue weighted by atomic mass is 79.9. The zero-order valence-corrected chi connectivity index (χ0v) is 13.0. The molecule has 0 aliphatic rings. The smallest absolute Gasteiger partial charge is 0.112 e. The molecular weight excluding hydrogens is 302 g/mol. The molecule has 0 aliphatic carbocycles. The molecule has 0 radical (unpaired) electrons. The molecule has 4 heteroatoms. The minimum Gasteiger partial charge on any atom is -0.327 e. The van der Waals surface area contributed by atoms with Crippen molar-refractivity contribution in [3.8, 4) is 5.69 Å². The van der Waals surface area contributed by atoms with Gasteiger partial charge in [-0.1, -0.05) is 35.8 Å². The minimum absolute atomic E-state index is 0.224. The second kappa shape index (κ2) is 6.35. The number of nitrogens with zero attached hydrogens (tertiary/aromatic N) is 2. The van der Waals surface area contributed by atoms with Crippen LogP contribution in [0.25, 0.3) is 5.69 Å². The van der Waals surface area contributed by atoms with E-state index < -0.39 is 0 Å². The van der Waals surface area contributed by atoms with Crippen LogP contribution < -0.4 is 5.73 Å². The number of benzene rings is 1. The summed E-state index contributed by atoms with van der Waals surface area (Å²) >= 11 is 3.65. The van der Waals surface area contributed by atoms with Gasteiger partial charge in [-0.15, -0.1) is 0 Å². The number of imidazole rings is 1. The predicted molar refractivity (Wildman–Crippen MR) is 82.6 cm³/mol. The van der Waals surface area contributed by atoms with Gasteiger partial charge in [0.05, 0.1) is 0 Å². The van der Waals surface area contributed by atoms with Crippen molar-refractivity contribution in [2.24, 2.45) is 5.73 Å². The fraction of sp³-hybridized carbons (Fsp3) is 0.400. The quantitative estimate of drug-likeness (QED) is 0.916. The van der Waals surface area contributed by atoms with Crippen LogP contribution in [0.15, 0.2) is 35.1 Å². The van der Waals surface area contributed by atoms with Gasteiger partial charge in [0, 0.05) is 35.0 Å². The van der Waals surface area contributed by atoms with Gasteiger partial charge in [-0.05, 0) is 30.5 Å². The number of rotatable bonds is 5. The van der Waals surface area contributed by atoms with Gasteiger partial charge in [0.25, 0.3) is 0 Å². The molecule has 2 aromatic rings. The Morgan fingerprint density at radius 2 is 2.16 bits per heavy atom. The van der Waals surface area contributed by atoms with E-state index >= 15 is 0 Å². The molecule has 0 fully saturated rings.